The molecule has 0 aliphatic carbocycles. The fourth-order valence-electron chi connectivity index (χ4n) is 2.80. The van der Waals surface area contributed by atoms with Crippen molar-refractivity contribution in [3.63, 3.8) is 0 Å². The van der Waals surface area contributed by atoms with E-state index in [2.05, 4.69) is 0 Å². The third kappa shape index (κ3) is 3.40. The number of hydrogen-bond acceptors (Lipinski definition) is 2. The van der Waals surface area contributed by atoms with Gasteiger partial charge in [-0.2, -0.15) is 0 Å². The van der Waals surface area contributed by atoms with Crippen LogP contribution in [0, 0.1) is 0 Å². The predicted molar refractivity (Wildman–Crippen MR) is 96.6 cm³/mol. The summed E-state index contributed by atoms with van der Waals surface area (Å²) in [6.45, 7) is 2.57. The molecule has 0 fully saturated rings. The van der Waals surface area contributed by atoms with Crippen LogP contribution in [0.2, 0.25) is 0 Å². The van der Waals surface area contributed by atoms with Crippen LogP contribution < -0.4 is 10.3 Å². The highest BCUT2D eigenvalue weighted by Crippen LogP contribution is 2.25. The maximum Gasteiger partial charge on any atom is 0.293 e. The zero-order valence-corrected chi connectivity index (χ0v) is 13.8. The average Bonchev–Trinajstić information content (AvgIpc) is 2.64. The number of benzene rings is 2. The first-order chi connectivity index (χ1) is 11.8. The van der Waals surface area contributed by atoms with E-state index in [1.165, 1.54) is 0 Å². The number of rotatable bonds is 6. The van der Waals surface area contributed by atoms with Crippen LogP contribution in [-0.4, -0.2) is 11.2 Å². The molecule has 3 heteroatoms. The molecule has 1 aromatic heterocycles. The molecule has 0 spiro atoms. The zero-order chi connectivity index (χ0) is 16.8. The Morgan fingerprint density at radius 2 is 1.46 bits per heavy atom. The molecule has 3 rings (SSSR count). The van der Waals surface area contributed by atoms with Crippen molar-refractivity contribution in [2.24, 2.45) is 0 Å². The van der Waals surface area contributed by atoms with E-state index in [4.69, 9.17) is 4.74 Å². The molecule has 1 heterocycles. The fraction of sp³-hybridized carbons (Fsp3) is 0.190. The molecule has 0 N–H and O–H groups in total. The van der Waals surface area contributed by atoms with E-state index < -0.39 is 0 Å². The van der Waals surface area contributed by atoms with Crippen LogP contribution in [-0.2, 0) is 0 Å². The van der Waals surface area contributed by atoms with Crippen LogP contribution in [0.5, 0.6) is 5.75 Å². The van der Waals surface area contributed by atoms with E-state index >= 15 is 0 Å². The highest BCUT2D eigenvalue weighted by Gasteiger charge is 2.18. The highest BCUT2D eigenvalue weighted by molar-refractivity contribution is 5.34. The van der Waals surface area contributed by atoms with Crippen LogP contribution in [0.15, 0.2) is 83.8 Å². The summed E-state index contributed by atoms with van der Waals surface area (Å²) in [4.78, 5) is 12.9. The van der Waals surface area contributed by atoms with Crippen LogP contribution in [0.3, 0.4) is 0 Å². The Morgan fingerprint density at radius 3 is 2.00 bits per heavy atom. The van der Waals surface area contributed by atoms with Crippen molar-refractivity contribution in [3.05, 3.63) is 100 Å². The lowest BCUT2D eigenvalue weighted by Gasteiger charge is -2.21. The Bertz CT molecular complexity index is 786. The van der Waals surface area contributed by atoms with Gasteiger partial charge in [-0.15, -0.1) is 0 Å². The fourth-order valence-corrected chi connectivity index (χ4v) is 2.80. The Morgan fingerprint density at radius 1 is 0.875 bits per heavy atom. The maximum atomic E-state index is 12.9. The van der Waals surface area contributed by atoms with Gasteiger partial charge in [0.05, 0.1) is 12.6 Å². The van der Waals surface area contributed by atoms with Gasteiger partial charge in [0.1, 0.15) is 0 Å². The van der Waals surface area contributed by atoms with E-state index in [9.17, 15) is 4.79 Å². The number of hydrogen-bond donors (Lipinski definition) is 0. The minimum absolute atomic E-state index is 0.108. The van der Waals surface area contributed by atoms with Crippen molar-refractivity contribution in [3.8, 4) is 5.75 Å². The molecule has 0 aliphatic rings. The molecule has 3 nitrogen and oxygen atoms in total. The van der Waals surface area contributed by atoms with Gasteiger partial charge in [-0.1, -0.05) is 67.6 Å². The molecule has 0 bridgehead atoms. The molecule has 0 radical (unpaired) electrons. The highest BCUT2D eigenvalue weighted by atomic mass is 16.5. The Kier molecular flexibility index (Phi) is 5.12. The summed E-state index contributed by atoms with van der Waals surface area (Å²) in [5, 5.41) is 0. The molecule has 3 aromatic rings. The van der Waals surface area contributed by atoms with Crippen molar-refractivity contribution in [1.82, 2.24) is 4.57 Å². The normalized spacial score (nSPS) is 10.8. The first-order valence-corrected chi connectivity index (χ1v) is 8.25. The third-order valence-corrected chi connectivity index (χ3v) is 3.91. The van der Waals surface area contributed by atoms with Crippen LogP contribution >= 0.6 is 0 Å². The van der Waals surface area contributed by atoms with Crippen LogP contribution in [0.25, 0.3) is 0 Å². The first kappa shape index (κ1) is 16.1. The minimum Gasteiger partial charge on any atom is -0.488 e. The van der Waals surface area contributed by atoms with Gasteiger partial charge in [-0.25, -0.2) is 0 Å². The van der Waals surface area contributed by atoms with Gasteiger partial charge >= 0.3 is 0 Å². The second kappa shape index (κ2) is 7.64. The largest absolute Gasteiger partial charge is 0.488 e. The second-order valence-corrected chi connectivity index (χ2v) is 5.66. The monoisotopic (exact) mass is 319 g/mol. The third-order valence-electron chi connectivity index (χ3n) is 3.91. The van der Waals surface area contributed by atoms with Crippen molar-refractivity contribution in [1.29, 1.82) is 0 Å². The summed E-state index contributed by atoms with van der Waals surface area (Å²) in [5.41, 5.74) is 2.03. The molecule has 24 heavy (non-hydrogen) atoms. The van der Waals surface area contributed by atoms with E-state index in [1.807, 2.05) is 79.9 Å². The molecule has 0 atom stereocenters. The van der Waals surface area contributed by atoms with Gasteiger partial charge in [-0.3, -0.25) is 4.79 Å². The number of nitrogens with zero attached hydrogens (tertiary/aromatic N) is 1. The maximum absolute atomic E-state index is 12.9. The number of aromatic nitrogens is 1. The Hall–Kier alpha value is -2.81. The van der Waals surface area contributed by atoms with Crippen molar-refractivity contribution < 1.29 is 4.74 Å². The van der Waals surface area contributed by atoms with E-state index in [-0.39, 0.29) is 11.6 Å². The lowest BCUT2D eigenvalue weighted by Crippen LogP contribution is -2.27. The topological polar surface area (TPSA) is 31.2 Å². The molecule has 122 valence electrons. The molecular weight excluding hydrogens is 298 g/mol. The molecule has 0 unspecified atom stereocenters. The summed E-state index contributed by atoms with van der Waals surface area (Å²) >= 11 is 0. The van der Waals surface area contributed by atoms with Gasteiger partial charge in [0, 0.05) is 6.20 Å². The van der Waals surface area contributed by atoms with E-state index in [0.717, 1.165) is 17.5 Å². The van der Waals surface area contributed by atoms with E-state index in [1.54, 1.807) is 10.6 Å². The van der Waals surface area contributed by atoms with Gasteiger partial charge < -0.3 is 9.30 Å². The van der Waals surface area contributed by atoms with Gasteiger partial charge in [0.2, 0.25) is 0 Å². The van der Waals surface area contributed by atoms with Gasteiger partial charge in [0.15, 0.2) is 5.75 Å². The number of ether oxygens (including phenoxy) is 1. The quantitative estimate of drug-likeness (QED) is 0.679. The zero-order valence-electron chi connectivity index (χ0n) is 13.8. The average molecular weight is 319 g/mol. The first-order valence-electron chi connectivity index (χ1n) is 8.25. The van der Waals surface area contributed by atoms with Crippen LogP contribution in [0.1, 0.15) is 30.5 Å². The second-order valence-electron chi connectivity index (χ2n) is 5.66. The van der Waals surface area contributed by atoms with Crippen molar-refractivity contribution in [2.75, 3.05) is 6.61 Å². The predicted octanol–water partition coefficient (Wildman–Crippen LogP) is 4.27. The van der Waals surface area contributed by atoms with Gasteiger partial charge in [-0.05, 0) is 29.7 Å². The molecule has 0 amide bonds. The molecular formula is C21H21NO2. The summed E-state index contributed by atoms with van der Waals surface area (Å²) in [6.07, 6.45) is 2.70. The van der Waals surface area contributed by atoms with Gasteiger partial charge in [0.25, 0.3) is 5.56 Å². The smallest absolute Gasteiger partial charge is 0.293 e. The standard InChI is InChI=1S/C21H21NO2/c1-2-16-24-19-14-9-15-22(21(19)23)20(17-10-5-3-6-11-17)18-12-7-4-8-13-18/h3-15,20H,2,16H2,1H3. The summed E-state index contributed by atoms with van der Waals surface area (Å²) in [6, 6.07) is 23.5. The lowest BCUT2D eigenvalue weighted by atomic mass is 9.98. The molecule has 2 aromatic carbocycles. The Balaban J connectivity index is 2.12. The number of pyridine rings is 1. The molecule has 0 aliphatic heterocycles. The summed E-state index contributed by atoms with van der Waals surface area (Å²) in [7, 11) is 0. The minimum atomic E-state index is -0.176. The van der Waals surface area contributed by atoms with Crippen LogP contribution in [0.4, 0.5) is 0 Å². The molecule has 0 saturated carbocycles. The Labute approximate surface area is 142 Å². The summed E-state index contributed by atoms with van der Waals surface area (Å²) < 4.78 is 7.36. The van der Waals surface area contributed by atoms with Crippen molar-refractivity contribution >= 4 is 0 Å². The SMILES string of the molecule is CCCOc1cccn(C(c2ccccc2)c2ccccc2)c1=O. The van der Waals surface area contributed by atoms with Crippen molar-refractivity contribution in [2.45, 2.75) is 19.4 Å². The lowest BCUT2D eigenvalue weighted by molar-refractivity contribution is 0.310. The van der Waals surface area contributed by atoms with E-state index in [0.29, 0.717) is 12.4 Å². The summed E-state index contributed by atoms with van der Waals surface area (Å²) in [5.74, 6) is 0.399. The molecule has 0 saturated heterocycles.